The van der Waals surface area contributed by atoms with E-state index in [2.05, 4.69) is 14.7 Å². The molecule has 0 aliphatic heterocycles. The van der Waals surface area contributed by atoms with Crippen LogP contribution in [0.1, 0.15) is 17.1 Å². The van der Waals surface area contributed by atoms with Crippen LogP contribution < -0.4 is 5.73 Å². The third-order valence-electron chi connectivity index (χ3n) is 2.01. The summed E-state index contributed by atoms with van der Waals surface area (Å²) in [7, 11) is 0. The summed E-state index contributed by atoms with van der Waals surface area (Å²) < 4.78 is 39.8. The van der Waals surface area contributed by atoms with Gasteiger partial charge in [0.2, 0.25) is 0 Å². The van der Waals surface area contributed by atoms with E-state index in [1.807, 2.05) is 6.07 Å². The molecule has 0 aliphatic carbocycles. The number of alkyl halides is 3. The molecule has 1 rings (SSSR count). The molecule has 0 fully saturated rings. The number of ether oxygens (including phenoxy) is 1. The largest absolute Gasteiger partial charge is 0.411 e. The Labute approximate surface area is 101 Å². The lowest BCUT2D eigenvalue weighted by molar-refractivity contribution is -0.173. The molecule has 98 valence electrons. The molecule has 8 heteroatoms. The van der Waals surface area contributed by atoms with Crippen molar-refractivity contribution in [1.29, 1.82) is 5.26 Å². The average molecular weight is 260 g/mol. The first kappa shape index (κ1) is 14.2. The zero-order valence-corrected chi connectivity index (χ0v) is 9.58. The van der Waals surface area contributed by atoms with Crippen molar-refractivity contribution in [2.24, 2.45) is 0 Å². The van der Waals surface area contributed by atoms with Crippen molar-refractivity contribution >= 4 is 5.82 Å². The van der Waals surface area contributed by atoms with Gasteiger partial charge in [-0.05, 0) is 6.92 Å². The van der Waals surface area contributed by atoms with Crippen molar-refractivity contribution in [1.82, 2.24) is 9.97 Å². The lowest BCUT2D eigenvalue weighted by Gasteiger charge is -2.08. The van der Waals surface area contributed by atoms with Crippen LogP contribution in [-0.2, 0) is 11.2 Å². The molecular weight excluding hydrogens is 249 g/mol. The number of nitrogens with two attached hydrogens (primary N) is 1. The zero-order chi connectivity index (χ0) is 13.8. The highest BCUT2D eigenvalue weighted by Crippen LogP contribution is 2.15. The summed E-state index contributed by atoms with van der Waals surface area (Å²) >= 11 is 0. The molecule has 2 N–H and O–H groups in total. The number of nitrogen functional groups attached to an aromatic ring is 1. The van der Waals surface area contributed by atoms with Gasteiger partial charge < -0.3 is 10.5 Å². The highest BCUT2D eigenvalue weighted by Gasteiger charge is 2.27. The van der Waals surface area contributed by atoms with E-state index in [1.54, 1.807) is 6.92 Å². The number of nitriles is 1. The molecule has 0 aliphatic rings. The molecule has 0 saturated heterocycles. The number of halogens is 3. The summed E-state index contributed by atoms with van der Waals surface area (Å²) in [5.41, 5.74) is 6.09. The number of nitrogens with zero attached hydrogens (tertiary/aromatic N) is 3. The van der Waals surface area contributed by atoms with E-state index in [0.29, 0.717) is 5.69 Å². The van der Waals surface area contributed by atoms with E-state index < -0.39 is 12.8 Å². The summed E-state index contributed by atoms with van der Waals surface area (Å²) in [6.07, 6.45) is -4.24. The number of aromatic nitrogens is 2. The molecule has 0 atom stereocenters. The number of rotatable bonds is 4. The van der Waals surface area contributed by atoms with E-state index >= 15 is 0 Å². The fourth-order valence-corrected chi connectivity index (χ4v) is 1.26. The number of aryl methyl sites for hydroxylation is 1. The minimum absolute atomic E-state index is 0.0239. The van der Waals surface area contributed by atoms with E-state index in [9.17, 15) is 13.2 Å². The van der Waals surface area contributed by atoms with Gasteiger partial charge >= 0.3 is 6.18 Å². The highest BCUT2D eigenvalue weighted by molar-refractivity contribution is 5.50. The van der Waals surface area contributed by atoms with Gasteiger partial charge in [0.1, 0.15) is 29.9 Å². The number of hydrogen-bond donors (Lipinski definition) is 1. The molecule has 0 bridgehead atoms. The van der Waals surface area contributed by atoms with Crippen molar-refractivity contribution in [3.8, 4) is 6.07 Å². The van der Waals surface area contributed by atoms with Crippen molar-refractivity contribution in [2.45, 2.75) is 19.5 Å². The van der Waals surface area contributed by atoms with E-state index in [4.69, 9.17) is 11.0 Å². The van der Waals surface area contributed by atoms with Crippen molar-refractivity contribution < 1.29 is 17.9 Å². The van der Waals surface area contributed by atoms with E-state index in [-0.39, 0.29) is 30.2 Å². The maximum atomic E-state index is 11.8. The summed E-state index contributed by atoms with van der Waals surface area (Å²) in [6.45, 7) is 0.110. The van der Waals surface area contributed by atoms with Crippen LogP contribution >= 0.6 is 0 Å². The Morgan fingerprint density at radius 3 is 2.56 bits per heavy atom. The first-order valence-corrected chi connectivity index (χ1v) is 5.01. The maximum Gasteiger partial charge on any atom is 0.411 e. The number of hydrogen-bond acceptors (Lipinski definition) is 5. The van der Waals surface area contributed by atoms with Crippen LogP contribution in [0.3, 0.4) is 0 Å². The van der Waals surface area contributed by atoms with Gasteiger partial charge in [-0.2, -0.15) is 18.4 Å². The Kier molecular flexibility index (Phi) is 4.44. The fraction of sp³-hybridized carbons (Fsp3) is 0.500. The van der Waals surface area contributed by atoms with Gasteiger partial charge in [0.15, 0.2) is 0 Å². The van der Waals surface area contributed by atoms with Crippen LogP contribution in [0.4, 0.5) is 19.0 Å². The first-order valence-electron chi connectivity index (χ1n) is 5.01. The normalized spacial score (nSPS) is 11.3. The van der Waals surface area contributed by atoms with Crippen LogP contribution in [0.2, 0.25) is 0 Å². The van der Waals surface area contributed by atoms with Gasteiger partial charge in [0.05, 0.1) is 12.3 Å². The van der Waals surface area contributed by atoms with Crippen LogP contribution in [-0.4, -0.2) is 29.4 Å². The monoisotopic (exact) mass is 260 g/mol. The van der Waals surface area contributed by atoms with Gasteiger partial charge in [-0.1, -0.05) is 0 Å². The number of anilines is 1. The van der Waals surface area contributed by atoms with Crippen molar-refractivity contribution in [3.63, 3.8) is 0 Å². The summed E-state index contributed by atoms with van der Waals surface area (Å²) in [5, 5.41) is 8.73. The van der Waals surface area contributed by atoms with Crippen molar-refractivity contribution in [3.05, 3.63) is 17.1 Å². The van der Waals surface area contributed by atoms with Crippen LogP contribution in [0, 0.1) is 18.3 Å². The standard InChI is InChI=1S/C10H11F3N4O/c1-6-7(4-14)9(15)17-8(16-6)2-3-18-5-10(11,12)13/h2-3,5H2,1H3,(H2,15,16,17). The van der Waals surface area contributed by atoms with Crippen LogP contribution in [0.15, 0.2) is 0 Å². The highest BCUT2D eigenvalue weighted by atomic mass is 19.4. The predicted molar refractivity (Wildman–Crippen MR) is 56.5 cm³/mol. The third kappa shape index (κ3) is 4.18. The van der Waals surface area contributed by atoms with E-state index in [1.165, 1.54) is 0 Å². The first-order chi connectivity index (χ1) is 8.33. The van der Waals surface area contributed by atoms with Gasteiger partial charge in [-0.3, -0.25) is 0 Å². The zero-order valence-electron chi connectivity index (χ0n) is 9.58. The Morgan fingerprint density at radius 2 is 2.06 bits per heavy atom. The molecular formula is C10H11F3N4O. The molecule has 18 heavy (non-hydrogen) atoms. The summed E-state index contributed by atoms with van der Waals surface area (Å²) in [5.74, 6) is 0.280. The topological polar surface area (TPSA) is 84.8 Å². The Morgan fingerprint density at radius 1 is 1.39 bits per heavy atom. The smallest absolute Gasteiger partial charge is 0.382 e. The molecule has 1 aromatic heterocycles. The second-order valence-corrected chi connectivity index (χ2v) is 3.52. The van der Waals surface area contributed by atoms with Gasteiger partial charge in [0.25, 0.3) is 0 Å². The van der Waals surface area contributed by atoms with Crippen LogP contribution in [0.5, 0.6) is 0 Å². The molecule has 1 aromatic rings. The SMILES string of the molecule is Cc1nc(CCOCC(F)(F)F)nc(N)c1C#N. The lowest BCUT2D eigenvalue weighted by atomic mass is 10.2. The third-order valence-corrected chi connectivity index (χ3v) is 2.01. The molecule has 0 aromatic carbocycles. The van der Waals surface area contributed by atoms with Gasteiger partial charge in [0, 0.05) is 6.42 Å². The average Bonchev–Trinajstić information content (AvgIpc) is 2.23. The molecule has 1 heterocycles. The second-order valence-electron chi connectivity index (χ2n) is 3.52. The molecule has 0 spiro atoms. The lowest BCUT2D eigenvalue weighted by Crippen LogP contribution is -2.18. The quantitative estimate of drug-likeness (QED) is 0.826. The summed E-state index contributed by atoms with van der Waals surface area (Å²) in [6, 6.07) is 1.85. The fourth-order valence-electron chi connectivity index (χ4n) is 1.26. The Bertz CT molecular complexity index is 444. The summed E-state index contributed by atoms with van der Waals surface area (Å²) in [4.78, 5) is 7.79. The minimum atomic E-state index is -4.35. The molecule has 0 radical (unpaired) electrons. The molecule has 0 amide bonds. The van der Waals surface area contributed by atoms with Gasteiger partial charge in [-0.25, -0.2) is 9.97 Å². The second kappa shape index (κ2) is 5.64. The predicted octanol–water partition coefficient (Wildman–Crippen LogP) is 1.36. The molecule has 5 nitrogen and oxygen atoms in total. The Balaban J connectivity index is 2.57. The van der Waals surface area contributed by atoms with Gasteiger partial charge in [-0.15, -0.1) is 0 Å². The molecule has 0 unspecified atom stereocenters. The van der Waals surface area contributed by atoms with Crippen molar-refractivity contribution in [2.75, 3.05) is 18.9 Å². The maximum absolute atomic E-state index is 11.8. The van der Waals surface area contributed by atoms with Crippen LogP contribution in [0.25, 0.3) is 0 Å². The molecule has 0 saturated carbocycles. The Hall–Kier alpha value is -1.88. The van der Waals surface area contributed by atoms with E-state index in [0.717, 1.165) is 0 Å². The minimum Gasteiger partial charge on any atom is -0.382 e.